The van der Waals surface area contributed by atoms with Gasteiger partial charge in [-0.1, -0.05) is 13.0 Å². The summed E-state index contributed by atoms with van der Waals surface area (Å²) in [6.07, 6.45) is 6.14. The second-order valence-corrected chi connectivity index (χ2v) is 13.0. The molecule has 0 radical (unpaired) electrons. The van der Waals surface area contributed by atoms with Gasteiger partial charge in [0.1, 0.15) is 23.3 Å². The lowest BCUT2D eigenvalue weighted by molar-refractivity contribution is -0.116. The summed E-state index contributed by atoms with van der Waals surface area (Å²) < 4.78 is 10.1. The number of amides is 2. The van der Waals surface area contributed by atoms with E-state index in [0.717, 1.165) is 21.0 Å². The largest absolute Gasteiger partial charge is 0.377 e. The Balaban J connectivity index is 1.23. The van der Waals surface area contributed by atoms with E-state index in [1.54, 1.807) is 32.3 Å². The lowest BCUT2D eigenvalue weighted by Gasteiger charge is -2.36. The molecule has 47 heavy (non-hydrogen) atoms. The smallest absolute Gasteiger partial charge is 0.299 e. The van der Waals surface area contributed by atoms with Crippen molar-refractivity contribution in [1.29, 1.82) is 0 Å². The Bertz CT molecular complexity index is 2180. The average Bonchev–Trinajstić information content (AvgIpc) is 3.82. The Morgan fingerprint density at radius 2 is 1.96 bits per heavy atom. The zero-order chi connectivity index (χ0) is 32.8. The van der Waals surface area contributed by atoms with Gasteiger partial charge in [-0.15, -0.1) is 16.4 Å². The van der Waals surface area contributed by atoms with Gasteiger partial charge in [-0.2, -0.15) is 9.50 Å². The molecule has 7 rings (SSSR count). The van der Waals surface area contributed by atoms with Gasteiger partial charge in [-0.05, 0) is 56.0 Å². The average molecular weight is 658 g/mol. The SMILES string of the molecule is CCc1c(N2CCN(C(=O)c3c[nH]n4cccc4c3=O)CC2)c(=O)n2nc(C3=CCOCC3)nc2n1CC(=O)Nc1sc(C)cc1C. The minimum absolute atomic E-state index is 0.0694. The van der Waals surface area contributed by atoms with Gasteiger partial charge >= 0.3 is 0 Å². The molecule has 244 valence electrons. The summed E-state index contributed by atoms with van der Waals surface area (Å²) in [5.41, 5.74) is 2.76. The highest BCUT2D eigenvalue weighted by Crippen LogP contribution is 2.28. The third kappa shape index (κ3) is 5.54. The monoisotopic (exact) mass is 657 g/mol. The Labute approximate surface area is 272 Å². The van der Waals surface area contributed by atoms with Crippen LogP contribution in [0.3, 0.4) is 0 Å². The van der Waals surface area contributed by atoms with Crippen molar-refractivity contribution >= 4 is 50.7 Å². The highest BCUT2D eigenvalue weighted by Gasteiger charge is 2.30. The molecule has 15 heteroatoms. The molecule has 7 heterocycles. The summed E-state index contributed by atoms with van der Waals surface area (Å²) in [4.78, 5) is 63.6. The molecule has 0 aliphatic carbocycles. The van der Waals surface area contributed by atoms with Crippen LogP contribution >= 0.6 is 11.3 Å². The number of aryl methyl sites for hydroxylation is 2. The second-order valence-electron chi connectivity index (χ2n) is 11.7. The van der Waals surface area contributed by atoms with E-state index in [9.17, 15) is 19.2 Å². The predicted molar refractivity (Wildman–Crippen MR) is 179 cm³/mol. The van der Waals surface area contributed by atoms with Crippen molar-refractivity contribution in [2.24, 2.45) is 0 Å². The number of nitrogens with one attached hydrogen (secondary N) is 2. The Morgan fingerprint density at radius 1 is 1.15 bits per heavy atom. The predicted octanol–water partition coefficient (Wildman–Crippen LogP) is 2.48. The maximum absolute atomic E-state index is 14.2. The molecule has 0 atom stereocenters. The van der Waals surface area contributed by atoms with E-state index < -0.39 is 0 Å². The minimum Gasteiger partial charge on any atom is -0.377 e. The van der Waals surface area contributed by atoms with Crippen LogP contribution in [0.4, 0.5) is 10.7 Å². The van der Waals surface area contributed by atoms with Gasteiger partial charge in [-0.3, -0.25) is 23.7 Å². The van der Waals surface area contributed by atoms with Crippen molar-refractivity contribution < 1.29 is 14.3 Å². The number of piperazine rings is 1. The molecular weight excluding hydrogens is 622 g/mol. The number of thiophene rings is 1. The van der Waals surface area contributed by atoms with Crippen molar-refractivity contribution in [2.75, 3.05) is 49.6 Å². The molecule has 2 amide bonds. The molecule has 1 fully saturated rings. The number of fused-ring (bicyclic) bond motifs is 2. The van der Waals surface area contributed by atoms with Gasteiger partial charge in [-0.25, -0.2) is 0 Å². The number of hydrogen-bond acceptors (Lipinski definition) is 9. The molecule has 14 nitrogen and oxygen atoms in total. The first-order chi connectivity index (χ1) is 22.7. The fourth-order valence-corrected chi connectivity index (χ4v) is 7.29. The van der Waals surface area contributed by atoms with E-state index in [1.807, 2.05) is 37.8 Å². The molecule has 5 aromatic rings. The topological polar surface area (TPSA) is 151 Å². The van der Waals surface area contributed by atoms with Crippen molar-refractivity contribution in [1.82, 2.24) is 33.7 Å². The van der Waals surface area contributed by atoms with Crippen molar-refractivity contribution in [3.8, 4) is 0 Å². The first kappa shape index (κ1) is 30.6. The minimum atomic E-state index is -0.361. The maximum atomic E-state index is 14.2. The van der Waals surface area contributed by atoms with Gasteiger partial charge in [0.25, 0.3) is 11.5 Å². The second kappa shape index (κ2) is 12.3. The van der Waals surface area contributed by atoms with E-state index in [0.29, 0.717) is 80.7 Å². The highest BCUT2D eigenvalue weighted by atomic mass is 32.1. The van der Waals surface area contributed by atoms with Gasteiger partial charge < -0.3 is 29.5 Å². The number of ether oxygens (including phenoxy) is 1. The molecule has 0 bridgehead atoms. The number of aromatic amines is 1. The Morgan fingerprint density at radius 3 is 2.66 bits per heavy atom. The molecule has 2 N–H and O–H groups in total. The number of nitrogens with zero attached hydrogens (tertiary/aromatic N) is 7. The number of H-pyrrole nitrogens is 1. The molecule has 0 spiro atoms. The molecule has 5 aromatic heterocycles. The summed E-state index contributed by atoms with van der Waals surface area (Å²) in [6, 6.07) is 5.43. The van der Waals surface area contributed by atoms with E-state index in [1.165, 1.54) is 22.0 Å². The van der Waals surface area contributed by atoms with Crippen molar-refractivity contribution in [2.45, 2.75) is 40.2 Å². The van der Waals surface area contributed by atoms with Crippen LogP contribution in [0, 0.1) is 13.8 Å². The highest BCUT2D eigenvalue weighted by molar-refractivity contribution is 7.16. The van der Waals surface area contributed by atoms with Crippen LogP contribution in [0.25, 0.3) is 16.9 Å². The van der Waals surface area contributed by atoms with E-state index in [2.05, 4.69) is 15.5 Å². The number of carbonyl (C=O) groups is 2. The van der Waals surface area contributed by atoms with Gasteiger partial charge in [0.2, 0.25) is 17.1 Å². The molecule has 2 aliphatic rings. The fraction of sp³-hybridized carbons (Fsp3) is 0.375. The summed E-state index contributed by atoms with van der Waals surface area (Å²) in [5.74, 6) is 0.126. The fourth-order valence-electron chi connectivity index (χ4n) is 6.35. The number of rotatable bonds is 7. The zero-order valence-corrected chi connectivity index (χ0v) is 27.2. The van der Waals surface area contributed by atoms with Gasteiger partial charge in [0.05, 0.1) is 23.9 Å². The van der Waals surface area contributed by atoms with Crippen LogP contribution in [0.15, 0.2) is 46.3 Å². The quantitative estimate of drug-likeness (QED) is 0.271. The number of carbonyl (C=O) groups excluding carboxylic acids is 2. The maximum Gasteiger partial charge on any atom is 0.299 e. The van der Waals surface area contributed by atoms with Crippen LogP contribution in [-0.2, 0) is 22.5 Å². The van der Waals surface area contributed by atoms with E-state index >= 15 is 0 Å². The van der Waals surface area contributed by atoms with Crippen molar-refractivity contribution in [3.05, 3.63) is 84.8 Å². The summed E-state index contributed by atoms with van der Waals surface area (Å²) >= 11 is 1.51. The number of hydrogen-bond donors (Lipinski definition) is 2. The number of anilines is 2. The molecule has 1 saturated heterocycles. The normalized spacial score (nSPS) is 15.4. The summed E-state index contributed by atoms with van der Waals surface area (Å²) in [7, 11) is 0. The summed E-state index contributed by atoms with van der Waals surface area (Å²) in [5, 5.41) is 11.4. The Kier molecular flexibility index (Phi) is 8.01. The van der Waals surface area contributed by atoms with Crippen molar-refractivity contribution in [3.63, 3.8) is 0 Å². The third-order valence-corrected chi connectivity index (χ3v) is 9.76. The lowest BCUT2D eigenvalue weighted by Crippen LogP contribution is -2.51. The molecule has 0 saturated carbocycles. The first-order valence-electron chi connectivity index (χ1n) is 15.6. The summed E-state index contributed by atoms with van der Waals surface area (Å²) in [6.45, 7) is 8.12. The third-order valence-electron chi connectivity index (χ3n) is 8.69. The van der Waals surface area contributed by atoms with E-state index in [4.69, 9.17) is 9.72 Å². The first-order valence-corrected chi connectivity index (χ1v) is 16.4. The Hall–Kier alpha value is -5.02. The van der Waals surface area contributed by atoms with Crippen LogP contribution in [-0.4, -0.2) is 84.9 Å². The molecule has 0 unspecified atom stereocenters. The molecule has 0 aromatic carbocycles. The number of aromatic nitrogens is 6. The van der Waals surface area contributed by atoms with E-state index in [-0.39, 0.29) is 34.9 Å². The zero-order valence-electron chi connectivity index (χ0n) is 26.4. The van der Waals surface area contributed by atoms with Gasteiger partial charge in [0, 0.05) is 43.4 Å². The van der Waals surface area contributed by atoms with Crippen LogP contribution in [0.5, 0.6) is 0 Å². The molecular formula is C32H35N9O5S. The van der Waals surface area contributed by atoms with Crippen LogP contribution < -0.4 is 21.2 Å². The lowest BCUT2D eigenvalue weighted by atomic mass is 10.1. The van der Waals surface area contributed by atoms with Crippen LogP contribution in [0.2, 0.25) is 0 Å². The molecule has 2 aliphatic heterocycles. The van der Waals surface area contributed by atoms with Crippen LogP contribution in [0.1, 0.15) is 45.7 Å². The standard InChI is InChI=1S/C32H35N9O5S/c1-4-23-26(37-10-12-38(13-11-37)30(44)22-17-33-40-9-5-6-24(40)27(22)43)31(45)41-32(35-28(36-41)21-7-14-46-15-8-21)39(23)18-25(42)34-29-19(2)16-20(3)47-29/h5-7,9,16-17,33H,4,8,10-15,18H2,1-3H3,(H,34,42). The van der Waals surface area contributed by atoms with Gasteiger partial charge in [0.15, 0.2) is 5.82 Å².